The van der Waals surface area contributed by atoms with E-state index in [0.717, 1.165) is 22.0 Å². The van der Waals surface area contributed by atoms with Gasteiger partial charge in [-0.05, 0) is 79.5 Å². The number of carbonyl (C=O) groups is 4. The number of esters is 1. The van der Waals surface area contributed by atoms with Crippen molar-refractivity contribution in [3.8, 4) is 11.3 Å². The zero-order valence-corrected chi connectivity index (χ0v) is 25.4. The first-order chi connectivity index (χ1) is 21.3. The number of imide groups is 1. The van der Waals surface area contributed by atoms with E-state index in [1.807, 2.05) is 37.3 Å². The van der Waals surface area contributed by atoms with Crippen molar-refractivity contribution in [3.05, 3.63) is 106 Å². The first-order valence-corrected chi connectivity index (χ1v) is 15.6. The molecule has 9 rings (SSSR count). The Hall–Kier alpha value is -4.43. The van der Waals surface area contributed by atoms with Gasteiger partial charge in [0.1, 0.15) is 0 Å². The van der Waals surface area contributed by atoms with Gasteiger partial charge < -0.3 is 4.74 Å². The molecule has 6 unspecified atom stereocenters. The van der Waals surface area contributed by atoms with Gasteiger partial charge in [-0.3, -0.25) is 19.3 Å². The maximum Gasteiger partial charge on any atom is 0.339 e. The van der Waals surface area contributed by atoms with E-state index in [1.165, 1.54) is 4.90 Å². The van der Waals surface area contributed by atoms with E-state index in [1.54, 1.807) is 42.5 Å². The van der Waals surface area contributed by atoms with Gasteiger partial charge in [0.15, 0.2) is 12.4 Å². The van der Waals surface area contributed by atoms with Crippen LogP contribution in [0.5, 0.6) is 0 Å². The molecule has 6 atom stereocenters. The Morgan fingerprint density at radius 1 is 0.886 bits per heavy atom. The second-order valence-electron chi connectivity index (χ2n) is 12.3. The number of benzene rings is 3. The second kappa shape index (κ2) is 10.1. The average Bonchev–Trinajstić information content (AvgIpc) is 3.82. The molecular weight excluding hydrogens is 620 g/mol. The molecule has 2 amide bonds. The normalized spacial score (nSPS) is 26.1. The fraction of sp³-hybridized carbons (Fsp3) is 0.250. The standard InChI is InChI=1S/C36H27BrN2O5/c1-18-2-13-29-27(14-18)28(36(43)44-17-31(40)20-3-7-21(37)8-4-20)16-30(38-29)19-5-9-22(10-6-19)39-34(41)32-23-11-12-24(26-15-25(23)26)33(32)35(39)42/h2-14,16,23-26,32-33H,15,17H2,1H3. The Balaban J connectivity index is 1.07. The second-order valence-corrected chi connectivity index (χ2v) is 13.2. The molecule has 0 radical (unpaired) electrons. The lowest BCUT2D eigenvalue weighted by Crippen LogP contribution is -2.40. The zero-order valence-electron chi connectivity index (χ0n) is 23.8. The number of ether oxygens (including phenoxy) is 1. The van der Waals surface area contributed by atoms with Crippen LogP contribution in [-0.2, 0) is 14.3 Å². The summed E-state index contributed by atoms with van der Waals surface area (Å²) in [6.45, 7) is 1.54. The third-order valence-corrected chi connectivity index (χ3v) is 10.3. The third kappa shape index (κ3) is 4.26. The van der Waals surface area contributed by atoms with E-state index >= 15 is 0 Å². The predicted molar refractivity (Wildman–Crippen MR) is 168 cm³/mol. The minimum atomic E-state index is -0.622. The first-order valence-electron chi connectivity index (χ1n) is 14.8. The van der Waals surface area contributed by atoms with E-state index < -0.39 is 12.6 Å². The minimum absolute atomic E-state index is 0.0978. The molecular formula is C36H27BrN2O5. The maximum absolute atomic E-state index is 13.5. The largest absolute Gasteiger partial charge is 0.454 e. The van der Waals surface area contributed by atoms with Gasteiger partial charge in [-0.25, -0.2) is 9.78 Å². The van der Waals surface area contributed by atoms with Crippen LogP contribution in [0, 0.1) is 42.4 Å². The molecule has 5 aliphatic rings. The highest BCUT2D eigenvalue weighted by Crippen LogP contribution is 2.65. The fourth-order valence-electron chi connectivity index (χ4n) is 7.58. The topological polar surface area (TPSA) is 93.6 Å². The number of aryl methyl sites for hydroxylation is 1. The molecule has 1 aromatic heterocycles. The molecule has 218 valence electrons. The number of allylic oxidation sites excluding steroid dienone is 2. The molecule has 2 saturated carbocycles. The van der Waals surface area contributed by atoms with E-state index in [9.17, 15) is 19.2 Å². The Kier molecular flexibility index (Phi) is 6.20. The van der Waals surface area contributed by atoms with Crippen LogP contribution in [0.15, 0.2) is 89.4 Å². The summed E-state index contributed by atoms with van der Waals surface area (Å²) in [6.07, 6.45) is 5.47. The number of rotatable bonds is 6. The number of amides is 2. The Bertz CT molecular complexity index is 1900. The van der Waals surface area contributed by atoms with Crippen molar-refractivity contribution in [2.45, 2.75) is 13.3 Å². The van der Waals surface area contributed by atoms with Gasteiger partial charge in [-0.1, -0.05) is 64.0 Å². The average molecular weight is 648 g/mol. The van der Waals surface area contributed by atoms with Crippen LogP contribution in [-0.4, -0.2) is 35.2 Å². The fourth-order valence-corrected chi connectivity index (χ4v) is 7.84. The van der Waals surface area contributed by atoms with Crippen molar-refractivity contribution in [2.24, 2.45) is 35.5 Å². The van der Waals surface area contributed by atoms with Gasteiger partial charge in [-0.2, -0.15) is 0 Å². The highest BCUT2D eigenvalue weighted by atomic mass is 79.9. The lowest BCUT2D eigenvalue weighted by Gasteiger charge is -2.37. The summed E-state index contributed by atoms with van der Waals surface area (Å²) in [5, 5.41) is 0.628. The lowest BCUT2D eigenvalue weighted by molar-refractivity contribution is -0.124. The van der Waals surface area contributed by atoms with E-state index in [2.05, 4.69) is 28.1 Å². The van der Waals surface area contributed by atoms with Crippen molar-refractivity contribution < 1.29 is 23.9 Å². The molecule has 0 N–H and O–H groups in total. The van der Waals surface area contributed by atoms with Gasteiger partial charge in [0, 0.05) is 21.0 Å². The number of Topliss-reactive ketones (excluding diaryl/α,β-unsaturated/α-hetero) is 1. The Morgan fingerprint density at radius 2 is 1.55 bits per heavy atom. The molecule has 0 spiro atoms. The lowest BCUT2D eigenvalue weighted by atomic mass is 9.63. The van der Waals surface area contributed by atoms with Crippen molar-refractivity contribution in [1.29, 1.82) is 0 Å². The molecule has 4 aliphatic carbocycles. The van der Waals surface area contributed by atoms with Gasteiger partial charge in [0.05, 0.1) is 34.3 Å². The summed E-state index contributed by atoms with van der Waals surface area (Å²) in [5.74, 6) is -0.189. The van der Waals surface area contributed by atoms with E-state index in [-0.39, 0.29) is 41.3 Å². The summed E-state index contributed by atoms with van der Waals surface area (Å²) in [4.78, 5) is 59.3. The molecule has 1 aliphatic heterocycles. The number of nitrogens with zero attached hydrogens (tertiary/aromatic N) is 2. The molecule has 2 bridgehead atoms. The number of hydrogen-bond donors (Lipinski definition) is 0. The number of pyridine rings is 1. The number of carbonyl (C=O) groups excluding carboxylic acids is 4. The molecule has 7 nitrogen and oxygen atoms in total. The van der Waals surface area contributed by atoms with Crippen molar-refractivity contribution in [1.82, 2.24) is 4.98 Å². The molecule has 8 heteroatoms. The van der Waals surface area contributed by atoms with Crippen LogP contribution in [0.25, 0.3) is 22.2 Å². The summed E-state index contributed by atoms with van der Waals surface area (Å²) >= 11 is 3.35. The Labute approximate surface area is 262 Å². The van der Waals surface area contributed by atoms with Gasteiger partial charge >= 0.3 is 5.97 Å². The number of ketones is 1. The first kappa shape index (κ1) is 27.1. The van der Waals surface area contributed by atoms with Gasteiger partial charge in [0.25, 0.3) is 0 Å². The van der Waals surface area contributed by atoms with Crippen molar-refractivity contribution in [2.75, 3.05) is 11.5 Å². The number of aromatic nitrogens is 1. The monoisotopic (exact) mass is 646 g/mol. The molecule has 44 heavy (non-hydrogen) atoms. The summed E-state index contributed by atoms with van der Waals surface area (Å²) in [7, 11) is 0. The molecule has 3 fully saturated rings. The highest BCUT2D eigenvalue weighted by molar-refractivity contribution is 9.10. The van der Waals surface area contributed by atoms with Crippen molar-refractivity contribution >= 4 is 56.1 Å². The molecule has 1 saturated heterocycles. The third-order valence-electron chi connectivity index (χ3n) is 9.77. The van der Waals surface area contributed by atoms with Crippen LogP contribution in [0.2, 0.25) is 0 Å². The summed E-state index contributed by atoms with van der Waals surface area (Å²) in [6, 6.07) is 21.4. The number of halogens is 1. The number of anilines is 1. The molecule has 3 aromatic carbocycles. The van der Waals surface area contributed by atoms with E-state index in [0.29, 0.717) is 45.2 Å². The van der Waals surface area contributed by atoms with Crippen molar-refractivity contribution in [3.63, 3.8) is 0 Å². The quantitative estimate of drug-likeness (QED) is 0.102. The summed E-state index contributed by atoms with van der Waals surface area (Å²) in [5.41, 5.74) is 4.12. The van der Waals surface area contributed by atoms with Gasteiger partial charge in [-0.15, -0.1) is 0 Å². The number of hydrogen-bond acceptors (Lipinski definition) is 6. The maximum atomic E-state index is 13.5. The minimum Gasteiger partial charge on any atom is -0.454 e. The zero-order chi connectivity index (χ0) is 30.3. The molecule has 2 heterocycles. The Morgan fingerprint density at radius 3 is 2.20 bits per heavy atom. The van der Waals surface area contributed by atoms with Gasteiger partial charge in [0.2, 0.25) is 11.8 Å². The SMILES string of the molecule is Cc1ccc2nc(-c3ccc(N4C(=O)C5C6C=CC(C7CC67)C5C4=O)cc3)cc(C(=O)OCC(=O)c3ccc(Br)cc3)c2c1. The van der Waals surface area contributed by atoms with E-state index in [4.69, 9.17) is 9.72 Å². The van der Waals surface area contributed by atoms with Crippen LogP contribution in [0.4, 0.5) is 5.69 Å². The predicted octanol–water partition coefficient (Wildman–Crippen LogP) is 6.57. The van der Waals surface area contributed by atoms with Crippen LogP contribution >= 0.6 is 15.9 Å². The molecule has 4 aromatic rings. The van der Waals surface area contributed by atoms with Crippen LogP contribution < -0.4 is 4.90 Å². The highest BCUT2D eigenvalue weighted by Gasteiger charge is 2.67. The van der Waals surface area contributed by atoms with Crippen LogP contribution in [0.3, 0.4) is 0 Å². The van der Waals surface area contributed by atoms with Crippen LogP contribution in [0.1, 0.15) is 32.7 Å². The smallest absolute Gasteiger partial charge is 0.339 e. The summed E-state index contributed by atoms with van der Waals surface area (Å²) < 4.78 is 6.34. The number of fused-ring (bicyclic) bond motifs is 1.